The molecular weight excluding hydrogens is 363 g/mol. The number of rotatable bonds is 5. The number of hydrogen-bond acceptors (Lipinski definition) is 6. The van der Waals surface area contributed by atoms with E-state index in [0.29, 0.717) is 29.6 Å². The standard InChI is InChI=1S/C20H19FN4O3/c1-26-17-8-13(9-18(27-2)19(17)28-3)16-10-15(12-4-6-14(21)7-5-12)23-20-24-22-11-25(16)20/h4-9,11,16H,10H2,1-3H3. The highest BCUT2D eigenvalue weighted by molar-refractivity contribution is 6.02. The van der Waals surface area contributed by atoms with E-state index in [0.717, 1.165) is 16.8 Å². The molecule has 0 fully saturated rings. The second-order valence-corrected chi connectivity index (χ2v) is 6.28. The molecule has 0 aliphatic carbocycles. The van der Waals surface area contributed by atoms with Crippen LogP contribution in [0.3, 0.4) is 0 Å². The maximum absolute atomic E-state index is 13.3. The first-order chi connectivity index (χ1) is 13.6. The third-order valence-electron chi connectivity index (χ3n) is 4.76. The van der Waals surface area contributed by atoms with Gasteiger partial charge in [0, 0.05) is 6.42 Å². The number of aromatic nitrogens is 3. The predicted octanol–water partition coefficient (Wildman–Crippen LogP) is 3.56. The number of benzene rings is 2. The second kappa shape index (κ2) is 7.30. The number of hydrogen-bond donors (Lipinski definition) is 0. The number of aliphatic imine (C=N–C) groups is 1. The van der Waals surface area contributed by atoms with Crippen LogP contribution in [-0.2, 0) is 0 Å². The van der Waals surface area contributed by atoms with Gasteiger partial charge in [-0.1, -0.05) is 12.1 Å². The molecule has 8 heteroatoms. The van der Waals surface area contributed by atoms with Crippen molar-refractivity contribution in [1.29, 1.82) is 0 Å². The number of methoxy groups -OCH3 is 3. The van der Waals surface area contributed by atoms with Crippen molar-refractivity contribution < 1.29 is 18.6 Å². The van der Waals surface area contributed by atoms with Crippen LogP contribution in [0.25, 0.3) is 0 Å². The largest absolute Gasteiger partial charge is 0.493 e. The summed E-state index contributed by atoms with van der Waals surface area (Å²) < 4.78 is 31.6. The van der Waals surface area contributed by atoms with Crippen LogP contribution in [-0.4, -0.2) is 41.8 Å². The number of halogens is 1. The van der Waals surface area contributed by atoms with Crippen molar-refractivity contribution in [3.05, 3.63) is 59.7 Å². The zero-order valence-electron chi connectivity index (χ0n) is 15.7. The van der Waals surface area contributed by atoms with Crippen LogP contribution < -0.4 is 14.2 Å². The second-order valence-electron chi connectivity index (χ2n) is 6.28. The van der Waals surface area contributed by atoms with Gasteiger partial charge in [0.2, 0.25) is 5.75 Å². The van der Waals surface area contributed by atoms with Crippen molar-refractivity contribution in [3.63, 3.8) is 0 Å². The molecule has 2 heterocycles. The van der Waals surface area contributed by atoms with Crippen molar-refractivity contribution in [2.75, 3.05) is 21.3 Å². The van der Waals surface area contributed by atoms with Crippen LogP contribution in [0.4, 0.5) is 10.3 Å². The molecular formula is C20H19FN4O3. The lowest BCUT2D eigenvalue weighted by Crippen LogP contribution is -2.20. The fourth-order valence-corrected chi connectivity index (χ4v) is 3.38. The Hall–Kier alpha value is -3.42. The minimum atomic E-state index is -0.287. The van der Waals surface area contributed by atoms with Gasteiger partial charge in [-0.3, -0.25) is 4.57 Å². The molecule has 1 aliphatic rings. The lowest BCUT2D eigenvalue weighted by Gasteiger charge is -2.26. The fraction of sp³-hybridized carbons (Fsp3) is 0.250. The Kier molecular flexibility index (Phi) is 4.68. The lowest BCUT2D eigenvalue weighted by molar-refractivity contribution is 0.323. The van der Waals surface area contributed by atoms with E-state index in [1.54, 1.807) is 39.8 Å². The van der Waals surface area contributed by atoms with E-state index >= 15 is 0 Å². The van der Waals surface area contributed by atoms with Crippen LogP contribution in [0.15, 0.2) is 47.7 Å². The molecule has 0 N–H and O–H groups in total. The Morgan fingerprint density at radius 1 is 1.00 bits per heavy atom. The van der Waals surface area contributed by atoms with Crippen LogP contribution in [0, 0.1) is 5.82 Å². The molecule has 4 rings (SSSR count). The molecule has 0 saturated heterocycles. The Bertz CT molecular complexity index is 1010. The van der Waals surface area contributed by atoms with Gasteiger partial charge in [-0.05, 0) is 35.4 Å². The van der Waals surface area contributed by atoms with Gasteiger partial charge in [-0.2, -0.15) is 0 Å². The summed E-state index contributed by atoms with van der Waals surface area (Å²) in [5, 5.41) is 8.11. The van der Waals surface area contributed by atoms with E-state index in [1.807, 2.05) is 16.7 Å². The minimum absolute atomic E-state index is 0.128. The molecule has 0 bridgehead atoms. The van der Waals surface area contributed by atoms with Crippen molar-refractivity contribution in [2.45, 2.75) is 12.5 Å². The van der Waals surface area contributed by atoms with Gasteiger partial charge in [0.15, 0.2) is 11.5 Å². The highest BCUT2D eigenvalue weighted by Crippen LogP contribution is 2.42. The topological polar surface area (TPSA) is 70.8 Å². The summed E-state index contributed by atoms with van der Waals surface area (Å²) in [5.74, 6) is 1.87. The summed E-state index contributed by atoms with van der Waals surface area (Å²) in [6.07, 6.45) is 2.23. The molecule has 0 spiro atoms. The van der Waals surface area contributed by atoms with Crippen LogP contribution in [0.1, 0.15) is 23.6 Å². The number of ether oxygens (including phenoxy) is 3. The Labute approximate surface area is 161 Å². The van der Waals surface area contributed by atoms with Gasteiger partial charge < -0.3 is 14.2 Å². The Morgan fingerprint density at radius 3 is 2.29 bits per heavy atom. The molecule has 144 valence electrons. The highest BCUT2D eigenvalue weighted by Gasteiger charge is 2.27. The van der Waals surface area contributed by atoms with Gasteiger partial charge in [0.05, 0.1) is 33.1 Å². The summed E-state index contributed by atoms with van der Waals surface area (Å²) in [5.41, 5.74) is 2.58. The summed E-state index contributed by atoms with van der Waals surface area (Å²) >= 11 is 0. The summed E-state index contributed by atoms with van der Waals surface area (Å²) in [4.78, 5) is 4.60. The van der Waals surface area contributed by atoms with Crippen molar-refractivity contribution in [2.24, 2.45) is 4.99 Å². The van der Waals surface area contributed by atoms with Gasteiger partial charge in [0.25, 0.3) is 5.95 Å². The fourth-order valence-electron chi connectivity index (χ4n) is 3.38. The van der Waals surface area contributed by atoms with E-state index in [4.69, 9.17) is 14.2 Å². The molecule has 0 saturated carbocycles. The zero-order valence-corrected chi connectivity index (χ0v) is 15.7. The predicted molar refractivity (Wildman–Crippen MR) is 101 cm³/mol. The van der Waals surface area contributed by atoms with Crippen LogP contribution in [0.5, 0.6) is 17.2 Å². The van der Waals surface area contributed by atoms with Crippen LogP contribution >= 0.6 is 0 Å². The van der Waals surface area contributed by atoms with E-state index in [9.17, 15) is 4.39 Å². The summed E-state index contributed by atoms with van der Waals surface area (Å²) in [6, 6.07) is 9.96. The average Bonchev–Trinajstić information content (AvgIpc) is 3.21. The van der Waals surface area contributed by atoms with E-state index in [2.05, 4.69) is 15.2 Å². The van der Waals surface area contributed by atoms with Crippen molar-refractivity contribution >= 4 is 11.7 Å². The summed E-state index contributed by atoms with van der Waals surface area (Å²) in [6.45, 7) is 0. The van der Waals surface area contributed by atoms with Gasteiger partial charge in [0.1, 0.15) is 12.1 Å². The van der Waals surface area contributed by atoms with Crippen molar-refractivity contribution in [1.82, 2.24) is 14.8 Å². The monoisotopic (exact) mass is 382 g/mol. The van der Waals surface area contributed by atoms with E-state index < -0.39 is 0 Å². The maximum atomic E-state index is 13.3. The summed E-state index contributed by atoms with van der Waals surface area (Å²) in [7, 11) is 4.73. The Balaban J connectivity index is 1.80. The molecule has 1 aliphatic heterocycles. The quantitative estimate of drug-likeness (QED) is 0.675. The maximum Gasteiger partial charge on any atom is 0.251 e. The molecule has 28 heavy (non-hydrogen) atoms. The molecule has 1 atom stereocenters. The first-order valence-corrected chi connectivity index (χ1v) is 8.67. The van der Waals surface area contributed by atoms with Gasteiger partial charge in [-0.15, -0.1) is 10.2 Å². The molecule has 2 aromatic carbocycles. The highest BCUT2D eigenvalue weighted by atomic mass is 19.1. The Morgan fingerprint density at radius 2 is 1.68 bits per heavy atom. The SMILES string of the molecule is COc1cc(C2CC(c3ccc(F)cc3)=Nc3nncn32)cc(OC)c1OC. The zero-order chi connectivity index (χ0) is 19.7. The van der Waals surface area contributed by atoms with Gasteiger partial charge in [-0.25, -0.2) is 9.38 Å². The number of nitrogens with zero attached hydrogens (tertiary/aromatic N) is 4. The smallest absolute Gasteiger partial charge is 0.251 e. The first kappa shape index (κ1) is 18.0. The molecule has 7 nitrogen and oxygen atoms in total. The third kappa shape index (κ3) is 3.06. The molecule has 3 aromatic rings. The van der Waals surface area contributed by atoms with Gasteiger partial charge >= 0.3 is 0 Å². The minimum Gasteiger partial charge on any atom is -0.493 e. The molecule has 1 unspecified atom stereocenters. The third-order valence-corrected chi connectivity index (χ3v) is 4.76. The molecule has 1 aromatic heterocycles. The average molecular weight is 382 g/mol. The molecule has 0 radical (unpaired) electrons. The van der Waals surface area contributed by atoms with Crippen molar-refractivity contribution in [3.8, 4) is 17.2 Å². The van der Waals surface area contributed by atoms with E-state index in [1.165, 1.54) is 12.1 Å². The van der Waals surface area contributed by atoms with E-state index in [-0.39, 0.29) is 11.9 Å². The first-order valence-electron chi connectivity index (χ1n) is 8.67. The van der Waals surface area contributed by atoms with Crippen LogP contribution in [0.2, 0.25) is 0 Å². The number of fused-ring (bicyclic) bond motifs is 1. The lowest BCUT2D eigenvalue weighted by atomic mass is 9.95. The molecule has 0 amide bonds. The normalized spacial score (nSPS) is 15.6.